The summed E-state index contributed by atoms with van der Waals surface area (Å²) in [6.45, 7) is 0. The van der Waals surface area contributed by atoms with Crippen LogP contribution in [0.2, 0.25) is 0 Å². The van der Waals surface area contributed by atoms with Crippen molar-refractivity contribution < 1.29 is 9.52 Å². The SMILES string of the molecule is OC(CCc1ccc(-c2ccccc2)cc1)c1ncc(-c2cccnc2)o1. The van der Waals surface area contributed by atoms with E-state index in [9.17, 15) is 5.11 Å². The Morgan fingerprint density at radius 2 is 1.56 bits per heavy atom. The van der Waals surface area contributed by atoms with E-state index in [-0.39, 0.29) is 0 Å². The highest BCUT2D eigenvalue weighted by Gasteiger charge is 2.15. The van der Waals surface area contributed by atoms with E-state index in [0.717, 1.165) is 12.0 Å². The summed E-state index contributed by atoms with van der Waals surface area (Å²) >= 11 is 0. The molecule has 1 atom stereocenters. The standard InChI is InChI=1S/C23H20N2O2/c26-21(23-25-16-22(27-23)20-7-4-14-24-15-20)13-10-17-8-11-19(12-9-17)18-5-2-1-3-6-18/h1-9,11-12,14-16,21,26H,10,13H2. The number of benzene rings is 2. The molecule has 0 amide bonds. The molecule has 0 saturated heterocycles. The van der Waals surface area contributed by atoms with Crippen LogP contribution in [0.25, 0.3) is 22.5 Å². The number of nitrogens with zero attached hydrogens (tertiary/aromatic N) is 2. The fourth-order valence-corrected chi connectivity index (χ4v) is 3.00. The molecule has 0 bridgehead atoms. The van der Waals surface area contributed by atoms with E-state index in [4.69, 9.17) is 4.42 Å². The van der Waals surface area contributed by atoms with Gasteiger partial charge in [-0.25, -0.2) is 4.98 Å². The summed E-state index contributed by atoms with van der Waals surface area (Å²) < 4.78 is 5.70. The van der Waals surface area contributed by atoms with Gasteiger partial charge in [0, 0.05) is 18.0 Å². The van der Waals surface area contributed by atoms with Crippen LogP contribution < -0.4 is 0 Å². The van der Waals surface area contributed by atoms with Gasteiger partial charge in [0.25, 0.3) is 0 Å². The Hall–Kier alpha value is -3.24. The molecule has 0 saturated carbocycles. The van der Waals surface area contributed by atoms with Gasteiger partial charge in [0.2, 0.25) is 5.89 Å². The van der Waals surface area contributed by atoms with Crippen LogP contribution in [0.4, 0.5) is 0 Å². The quantitative estimate of drug-likeness (QED) is 0.524. The minimum Gasteiger partial charge on any atom is -0.438 e. The average Bonchev–Trinajstić information content (AvgIpc) is 3.24. The second-order valence-corrected chi connectivity index (χ2v) is 6.42. The lowest BCUT2D eigenvalue weighted by Gasteiger charge is -2.08. The zero-order valence-corrected chi connectivity index (χ0v) is 14.8. The highest BCUT2D eigenvalue weighted by atomic mass is 16.4. The fraction of sp³-hybridized carbons (Fsp3) is 0.130. The number of hydrogen-bond donors (Lipinski definition) is 1. The molecule has 0 aliphatic carbocycles. The lowest BCUT2D eigenvalue weighted by molar-refractivity contribution is 0.135. The Labute approximate surface area is 158 Å². The van der Waals surface area contributed by atoms with E-state index < -0.39 is 6.10 Å². The highest BCUT2D eigenvalue weighted by Crippen LogP contribution is 2.25. The molecule has 2 aromatic heterocycles. The number of aromatic nitrogens is 2. The second kappa shape index (κ2) is 7.98. The van der Waals surface area contributed by atoms with Gasteiger partial charge in [-0.3, -0.25) is 4.98 Å². The van der Waals surface area contributed by atoms with Gasteiger partial charge in [0.05, 0.1) is 6.20 Å². The topological polar surface area (TPSA) is 59.2 Å². The summed E-state index contributed by atoms with van der Waals surface area (Å²) in [5.74, 6) is 0.958. The van der Waals surface area contributed by atoms with Crippen molar-refractivity contribution >= 4 is 0 Å². The molecular formula is C23H20N2O2. The molecular weight excluding hydrogens is 336 g/mol. The zero-order valence-electron chi connectivity index (χ0n) is 14.8. The van der Waals surface area contributed by atoms with Gasteiger partial charge in [0.1, 0.15) is 6.10 Å². The minimum atomic E-state index is -0.732. The van der Waals surface area contributed by atoms with Crippen molar-refractivity contribution in [2.24, 2.45) is 0 Å². The number of aliphatic hydroxyl groups is 1. The molecule has 4 aromatic rings. The summed E-state index contributed by atoms with van der Waals surface area (Å²) in [6.07, 6.45) is 5.62. The molecule has 4 rings (SSSR count). The van der Waals surface area contributed by atoms with E-state index in [2.05, 4.69) is 46.4 Å². The van der Waals surface area contributed by atoms with E-state index in [1.54, 1.807) is 18.6 Å². The third-order valence-electron chi connectivity index (χ3n) is 4.52. The van der Waals surface area contributed by atoms with Crippen molar-refractivity contribution in [2.45, 2.75) is 18.9 Å². The number of rotatable bonds is 6. The third-order valence-corrected chi connectivity index (χ3v) is 4.52. The largest absolute Gasteiger partial charge is 0.438 e. The van der Waals surface area contributed by atoms with Gasteiger partial charge < -0.3 is 9.52 Å². The molecule has 0 fully saturated rings. The average molecular weight is 356 g/mol. The number of aliphatic hydroxyl groups excluding tert-OH is 1. The molecule has 134 valence electrons. The summed E-state index contributed by atoms with van der Waals surface area (Å²) in [4.78, 5) is 8.28. The lowest BCUT2D eigenvalue weighted by atomic mass is 10.0. The van der Waals surface area contributed by atoms with Gasteiger partial charge in [0.15, 0.2) is 5.76 Å². The van der Waals surface area contributed by atoms with Crippen LogP contribution in [0, 0.1) is 0 Å². The Kier molecular flexibility index (Phi) is 5.08. The van der Waals surface area contributed by atoms with Gasteiger partial charge in [-0.1, -0.05) is 54.6 Å². The highest BCUT2D eigenvalue weighted by molar-refractivity contribution is 5.63. The van der Waals surface area contributed by atoms with Crippen molar-refractivity contribution in [3.8, 4) is 22.5 Å². The first-order valence-corrected chi connectivity index (χ1v) is 8.98. The molecule has 1 N–H and O–H groups in total. The maximum absolute atomic E-state index is 10.4. The molecule has 0 radical (unpaired) electrons. The Morgan fingerprint density at radius 3 is 2.30 bits per heavy atom. The van der Waals surface area contributed by atoms with Crippen LogP contribution in [-0.2, 0) is 6.42 Å². The maximum atomic E-state index is 10.4. The van der Waals surface area contributed by atoms with Crippen molar-refractivity contribution in [3.63, 3.8) is 0 Å². The summed E-state index contributed by atoms with van der Waals surface area (Å²) in [6, 6.07) is 22.5. The minimum absolute atomic E-state index is 0.342. The van der Waals surface area contributed by atoms with Gasteiger partial charge in [-0.2, -0.15) is 0 Å². The molecule has 4 nitrogen and oxygen atoms in total. The number of aryl methyl sites for hydroxylation is 1. The van der Waals surface area contributed by atoms with Crippen LogP contribution >= 0.6 is 0 Å². The smallest absolute Gasteiger partial charge is 0.223 e. The molecule has 0 aliphatic rings. The monoisotopic (exact) mass is 356 g/mol. The normalized spacial score (nSPS) is 12.0. The molecule has 27 heavy (non-hydrogen) atoms. The third kappa shape index (κ3) is 4.13. The zero-order chi connectivity index (χ0) is 18.5. The van der Waals surface area contributed by atoms with Crippen LogP contribution in [0.1, 0.15) is 24.0 Å². The van der Waals surface area contributed by atoms with Crippen molar-refractivity contribution in [1.29, 1.82) is 0 Å². The molecule has 4 heteroatoms. The van der Waals surface area contributed by atoms with Gasteiger partial charge >= 0.3 is 0 Å². The summed E-state index contributed by atoms with van der Waals surface area (Å²) in [7, 11) is 0. The first-order valence-electron chi connectivity index (χ1n) is 8.98. The van der Waals surface area contributed by atoms with Crippen molar-refractivity contribution in [2.75, 3.05) is 0 Å². The molecule has 1 unspecified atom stereocenters. The predicted molar refractivity (Wildman–Crippen MR) is 105 cm³/mol. The summed E-state index contributed by atoms with van der Waals surface area (Å²) in [5.41, 5.74) is 4.41. The first kappa shape index (κ1) is 17.2. The van der Waals surface area contributed by atoms with Crippen molar-refractivity contribution in [1.82, 2.24) is 9.97 Å². The lowest BCUT2D eigenvalue weighted by Crippen LogP contribution is -2.00. The number of hydrogen-bond acceptors (Lipinski definition) is 4. The number of oxazole rings is 1. The van der Waals surface area contributed by atoms with E-state index in [0.29, 0.717) is 18.1 Å². The molecule has 2 aromatic carbocycles. The Bertz CT molecular complexity index is 980. The molecule has 0 spiro atoms. The maximum Gasteiger partial charge on any atom is 0.223 e. The fourth-order valence-electron chi connectivity index (χ4n) is 3.00. The van der Waals surface area contributed by atoms with Crippen LogP contribution in [0.3, 0.4) is 0 Å². The second-order valence-electron chi connectivity index (χ2n) is 6.42. The Morgan fingerprint density at radius 1 is 0.815 bits per heavy atom. The summed E-state index contributed by atoms with van der Waals surface area (Å²) in [5, 5.41) is 10.4. The van der Waals surface area contributed by atoms with Gasteiger partial charge in [-0.15, -0.1) is 0 Å². The van der Waals surface area contributed by atoms with Crippen LogP contribution in [0.5, 0.6) is 0 Å². The molecule has 2 heterocycles. The van der Waals surface area contributed by atoms with Crippen LogP contribution in [-0.4, -0.2) is 15.1 Å². The van der Waals surface area contributed by atoms with Crippen molar-refractivity contribution in [3.05, 3.63) is 96.8 Å². The first-order chi connectivity index (χ1) is 13.3. The van der Waals surface area contributed by atoms with E-state index in [1.165, 1.54) is 16.7 Å². The Balaban J connectivity index is 1.38. The van der Waals surface area contributed by atoms with E-state index >= 15 is 0 Å². The number of pyridine rings is 1. The van der Waals surface area contributed by atoms with Crippen LogP contribution in [0.15, 0.2) is 89.7 Å². The predicted octanol–water partition coefficient (Wildman–Crippen LogP) is 5.07. The van der Waals surface area contributed by atoms with E-state index in [1.807, 2.05) is 30.3 Å². The molecule has 0 aliphatic heterocycles. The van der Waals surface area contributed by atoms with Gasteiger partial charge in [-0.05, 0) is 41.7 Å².